The van der Waals surface area contributed by atoms with Gasteiger partial charge in [0.15, 0.2) is 0 Å². The Balaban J connectivity index is 2.08. The maximum Gasteiger partial charge on any atom is 0.128 e. The van der Waals surface area contributed by atoms with E-state index in [4.69, 9.17) is 5.41 Å². The van der Waals surface area contributed by atoms with Gasteiger partial charge in [0.2, 0.25) is 0 Å². The van der Waals surface area contributed by atoms with Crippen LogP contribution in [0.25, 0.3) is 0 Å². The van der Waals surface area contributed by atoms with E-state index >= 15 is 0 Å². The second kappa shape index (κ2) is 4.47. The first kappa shape index (κ1) is 10.2. The number of nitrogens with zero attached hydrogens (tertiary/aromatic N) is 1. The highest BCUT2D eigenvalue weighted by molar-refractivity contribution is 5.96. The molecule has 0 spiro atoms. The molecule has 1 aliphatic rings. The van der Waals surface area contributed by atoms with Crippen LogP contribution in [0, 0.1) is 11.3 Å². The van der Waals surface area contributed by atoms with E-state index in [2.05, 4.69) is 11.8 Å². The normalized spacial score (nSPS) is 21.4. The van der Waals surface area contributed by atoms with E-state index in [1.54, 1.807) is 0 Å². The zero-order valence-electron chi connectivity index (χ0n) is 9.24. The lowest BCUT2D eigenvalue weighted by molar-refractivity contribution is 0.272. The summed E-state index contributed by atoms with van der Waals surface area (Å²) in [6.07, 6.45) is 2.52. The minimum Gasteiger partial charge on any atom is -0.356 e. The zero-order valence-corrected chi connectivity index (χ0v) is 9.24. The monoisotopic (exact) mass is 202 g/mol. The van der Waals surface area contributed by atoms with Crippen molar-refractivity contribution >= 4 is 5.84 Å². The average Bonchev–Trinajstić information content (AvgIpc) is 2.29. The second-order valence-electron chi connectivity index (χ2n) is 4.41. The van der Waals surface area contributed by atoms with Gasteiger partial charge in [-0.3, -0.25) is 5.41 Å². The van der Waals surface area contributed by atoms with Crippen LogP contribution >= 0.6 is 0 Å². The van der Waals surface area contributed by atoms with E-state index in [-0.39, 0.29) is 0 Å². The highest BCUT2D eigenvalue weighted by atomic mass is 15.2. The molecule has 1 unspecified atom stereocenters. The summed E-state index contributed by atoms with van der Waals surface area (Å²) in [5.74, 6) is 1.41. The summed E-state index contributed by atoms with van der Waals surface area (Å²) in [5, 5.41) is 8.14. The van der Waals surface area contributed by atoms with E-state index < -0.39 is 0 Å². The van der Waals surface area contributed by atoms with Crippen molar-refractivity contribution < 1.29 is 0 Å². The Hall–Kier alpha value is -1.31. The quantitative estimate of drug-likeness (QED) is 0.550. The Morgan fingerprint density at radius 1 is 1.33 bits per heavy atom. The summed E-state index contributed by atoms with van der Waals surface area (Å²) < 4.78 is 0. The topological polar surface area (TPSA) is 27.1 Å². The van der Waals surface area contributed by atoms with Crippen LogP contribution in [0.15, 0.2) is 30.3 Å². The van der Waals surface area contributed by atoms with Crippen LogP contribution in [0.5, 0.6) is 0 Å². The summed E-state index contributed by atoms with van der Waals surface area (Å²) in [4.78, 5) is 2.20. The molecule has 0 bridgehead atoms. The molecule has 2 rings (SSSR count). The molecular formula is C13H18N2. The number of likely N-dealkylation sites (tertiary alicyclic amines) is 1. The Bertz CT molecular complexity index is 332. The van der Waals surface area contributed by atoms with Gasteiger partial charge >= 0.3 is 0 Å². The minimum absolute atomic E-state index is 0.683. The Morgan fingerprint density at radius 3 is 2.73 bits per heavy atom. The van der Waals surface area contributed by atoms with Crippen molar-refractivity contribution in [3.8, 4) is 0 Å². The molecule has 15 heavy (non-hydrogen) atoms. The molecule has 1 aliphatic heterocycles. The highest BCUT2D eigenvalue weighted by Crippen LogP contribution is 2.17. The number of piperidine rings is 1. The average molecular weight is 202 g/mol. The Kier molecular flexibility index (Phi) is 3.05. The van der Waals surface area contributed by atoms with Crippen molar-refractivity contribution in [2.45, 2.75) is 19.8 Å². The summed E-state index contributed by atoms with van der Waals surface area (Å²) in [6.45, 7) is 4.34. The molecule has 0 aliphatic carbocycles. The lowest BCUT2D eigenvalue weighted by Gasteiger charge is -2.32. The first-order chi connectivity index (χ1) is 7.27. The van der Waals surface area contributed by atoms with Crippen LogP contribution in [0.2, 0.25) is 0 Å². The van der Waals surface area contributed by atoms with Gasteiger partial charge in [0, 0.05) is 18.7 Å². The molecule has 0 saturated carbocycles. The number of rotatable bonds is 1. The lowest BCUT2D eigenvalue weighted by Crippen LogP contribution is -2.39. The first-order valence-electron chi connectivity index (χ1n) is 5.66. The van der Waals surface area contributed by atoms with Gasteiger partial charge in [-0.2, -0.15) is 0 Å². The number of benzene rings is 1. The molecule has 1 saturated heterocycles. The standard InChI is InChI=1S/C13H18N2/c1-11-6-5-9-15(10-11)13(14)12-7-3-2-4-8-12/h2-4,7-8,11,14H,5-6,9-10H2,1H3. The van der Waals surface area contributed by atoms with E-state index in [0.29, 0.717) is 5.84 Å². The van der Waals surface area contributed by atoms with Gasteiger partial charge in [-0.15, -0.1) is 0 Å². The van der Waals surface area contributed by atoms with Gasteiger partial charge in [-0.05, 0) is 18.8 Å². The van der Waals surface area contributed by atoms with Gasteiger partial charge in [0.05, 0.1) is 0 Å². The Labute approximate surface area is 91.4 Å². The fraction of sp³-hybridized carbons (Fsp3) is 0.462. The molecule has 0 radical (unpaired) electrons. The van der Waals surface area contributed by atoms with Crippen molar-refractivity contribution in [1.82, 2.24) is 4.90 Å². The Morgan fingerprint density at radius 2 is 2.07 bits per heavy atom. The molecule has 2 heteroatoms. The largest absolute Gasteiger partial charge is 0.356 e. The van der Waals surface area contributed by atoms with Crippen molar-refractivity contribution in [3.63, 3.8) is 0 Å². The van der Waals surface area contributed by atoms with E-state index in [9.17, 15) is 0 Å². The number of amidine groups is 1. The molecule has 1 N–H and O–H groups in total. The van der Waals surface area contributed by atoms with E-state index in [1.807, 2.05) is 30.3 Å². The first-order valence-corrected chi connectivity index (χ1v) is 5.66. The maximum absolute atomic E-state index is 8.14. The third kappa shape index (κ3) is 2.38. The predicted molar refractivity (Wildman–Crippen MR) is 63.2 cm³/mol. The smallest absolute Gasteiger partial charge is 0.128 e. The van der Waals surface area contributed by atoms with Crippen LogP contribution in [0.3, 0.4) is 0 Å². The number of hydrogen-bond acceptors (Lipinski definition) is 1. The van der Waals surface area contributed by atoms with Crippen LogP contribution in [0.1, 0.15) is 25.3 Å². The molecule has 80 valence electrons. The maximum atomic E-state index is 8.14. The van der Waals surface area contributed by atoms with Crippen molar-refractivity contribution in [2.75, 3.05) is 13.1 Å². The number of hydrogen-bond donors (Lipinski definition) is 1. The van der Waals surface area contributed by atoms with Gasteiger partial charge in [0.25, 0.3) is 0 Å². The summed E-state index contributed by atoms with van der Waals surface area (Å²) in [6, 6.07) is 10.0. The fourth-order valence-electron chi connectivity index (χ4n) is 2.17. The molecule has 0 amide bonds. The van der Waals surface area contributed by atoms with Crippen LogP contribution in [-0.4, -0.2) is 23.8 Å². The summed E-state index contributed by atoms with van der Waals surface area (Å²) in [7, 11) is 0. The highest BCUT2D eigenvalue weighted by Gasteiger charge is 2.18. The van der Waals surface area contributed by atoms with Gasteiger partial charge in [-0.25, -0.2) is 0 Å². The summed E-state index contributed by atoms with van der Waals surface area (Å²) >= 11 is 0. The van der Waals surface area contributed by atoms with Crippen LogP contribution in [0.4, 0.5) is 0 Å². The second-order valence-corrected chi connectivity index (χ2v) is 4.41. The molecule has 0 aromatic heterocycles. The third-order valence-corrected chi connectivity index (χ3v) is 3.02. The van der Waals surface area contributed by atoms with Gasteiger partial charge < -0.3 is 4.90 Å². The molecule has 1 atom stereocenters. The molecule has 1 heterocycles. The van der Waals surface area contributed by atoms with Crippen LogP contribution < -0.4 is 0 Å². The fourth-order valence-corrected chi connectivity index (χ4v) is 2.17. The van der Waals surface area contributed by atoms with Crippen LogP contribution in [-0.2, 0) is 0 Å². The SMILES string of the molecule is CC1CCCN(C(=N)c2ccccc2)C1. The lowest BCUT2D eigenvalue weighted by atomic mass is 9.99. The third-order valence-electron chi connectivity index (χ3n) is 3.02. The van der Waals surface area contributed by atoms with Crippen molar-refractivity contribution in [2.24, 2.45) is 5.92 Å². The molecule has 1 aromatic carbocycles. The predicted octanol–water partition coefficient (Wildman–Crippen LogP) is 2.74. The molecule has 2 nitrogen and oxygen atoms in total. The van der Waals surface area contributed by atoms with Gasteiger partial charge in [-0.1, -0.05) is 37.3 Å². The summed E-state index contributed by atoms with van der Waals surface area (Å²) in [5.41, 5.74) is 1.03. The molecular weight excluding hydrogens is 184 g/mol. The molecule has 1 fully saturated rings. The van der Waals surface area contributed by atoms with Crippen molar-refractivity contribution in [3.05, 3.63) is 35.9 Å². The van der Waals surface area contributed by atoms with E-state index in [1.165, 1.54) is 12.8 Å². The minimum atomic E-state index is 0.683. The van der Waals surface area contributed by atoms with E-state index in [0.717, 1.165) is 24.6 Å². The molecule has 1 aromatic rings. The van der Waals surface area contributed by atoms with Crippen molar-refractivity contribution in [1.29, 1.82) is 5.41 Å². The van der Waals surface area contributed by atoms with Gasteiger partial charge in [0.1, 0.15) is 5.84 Å². The zero-order chi connectivity index (χ0) is 10.7. The number of nitrogens with one attached hydrogen (secondary N) is 1.